The van der Waals surface area contributed by atoms with Crippen molar-refractivity contribution in [3.8, 4) is 0 Å². The Labute approximate surface area is 163 Å². The van der Waals surface area contributed by atoms with Gasteiger partial charge in [-0.2, -0.15) is 0 Å². The third-order valence-corrected chi connectivity index (χ3v) is 5.22. The molecular formula is C19H37N7O. The smallest absolute Gasteiger partial charge is 0.191 e. The van der Waals surface area contributed by atoms with Crippen molar-refractivity contribution in [2.75, 3.05) is 32.8 Å². The molecule has 2 rings (SSSR count). The van der Waals surface area contributed by atoms with Gasteiger partial charge in [-0.15, -0.1) is 10.2 Å². The summed E-state index contributed by atoms with van der Waals surface area (Å²) in [5.74, 6) is 3.19. The van der Waals surface area contributed by atoms with Gasteiger partial charge in [-0.25, -0.2) is 4.99 Å². The summed E-state index contributed by atoms with van der Waals surface area (Å²) in [4.78, 5) is 7.28. The molecule has 8 nitrogen and oxygen atoms in total. The summed E-state index contributed by atoms with van der Waals surface area (Å²) in [7, 11) is 1.97. The van der Waals surface area contributed by atoms with Crippen molar-refractivity contribution in [1.29, 1.82) is 0 Å². The Morgan fingerprint density at radius 2 is 2.11 bits per heavy atom. The second-order valence-corrected chi connectivity index (χ2v) is 7.64. The highest BCUT2D eigenvalue weighted by atomic mass is 16.5. The maximum absolute atomic E-state index is 5.43. The molecule has 1 aliphatic heterocycles. The number of hydrogen-bond acceptors (Lipinski definition) is 5. The maximum atomic E-state index is 5.43. The molecule has 1 aromatic rings. The monoisotopic (exact) mass is 379 g/mol. The fourth-order valence-electron chi connectivity index (χ4n) is 3.21. The van der Waals surface area contributed by atoms with Crippen LogP contribution in [0.3, 0.4) is 0 Å². The van der Waals surface area contributed by atoms with Gasteiger partial charge in [0.15, 0.2) is 11.8 Å². The van der Waals surface area contributed by atoms with E-state index in [0.29, 0.717) is 24.5 Å². The number of nitrogens with zero attached hydrogens (tertiary/aromatic N) is 5. The number of likely N-dealkylation sites (tertiary alicyclic amines) is 1. The zero-order valence-electron chi connectivity index (χ0n) is 17.8. The van der Waals surface area contributed by atoms with E-state index in [0.717, 1.165) is 56.9 Å². The second-order valence-electron chi connectivity index (χ2n) is 7.64. The maximum Gasteiger partial charge on any atom is 0.191 e. The molecule has 0 bridgehead atoms. The number of aliphatic imine (C=N–C) groups is 1. The van der Waals surface area contributed by atoms with Crippen molar-refractivity contribution >= 4 is 5.96 Å². The van der Waals surface area contributed by atoms with Crippen LogP contribution in [0.15, 0.2) is 4.99 Å². The van der Waals surface area contributed by atoms with Crippen LogP contribution in [-0.4, -0.2) is 70.6 Å². The quantitative estimate of drug-likeness (QED) is 0.383. The molecular weight excluding hydrogens is 342 g/mol. The Hall–Kier alpha value is -1.67. The number of hydrogen-bond donors (Lipinski definition) is 2. The van der Waals surface area contributed by atoms with Gasteiger partial charge in [0.1, 0.15) is 12.4 Å². The van der Waals surface area contributed by atoms with Crippen molar-refractivity contribution in [3.05, 3.63) is 11.6 Å². The summed E-state index contributed by atoms with van der Waals surface area (Å²) in [6.07, 6.45) is 0.954. The van der Waals surface area contributed by atoms with Gasteiger partial charge in [-0.05, 0) is 40.0 Å². The van der Waals surface area contributed by atoms with E-state index in [-0.39, 0.29) is 0 Å². The molecule has 2 atom stereocenters. The minimum absolute atomic E-state index is 0.395. The van der Waals surface area contributed by atoms with Gasteiger partial charge < -0.3 is 19.9 Å². The molecule has 0 aromatic carbocycles. The van der Waals surface area contributed by atoms with Crippen LogP contribution in [0.5, 0.6) is 0 Å². The van der Waals surface area contributed by atoms with E-state index in [9.17, 15) is 0 Å². The molecule has 0 amide bonds. The standard InChI is InChI=1S/C19H37N7O/c1-7-27-10-8-9-20-19(21-11-18-24-23-16(5)25(18)6)22-17-13-26(14(2)3)12-15(17)4/h14-15,17H,7-13H2,1-6H3,(H2,20,21,22). The van der Waals surface area contributed by atoms with Crippen LogP contribution in [0.1, 0.15) is 45.8 Å². The van der Waals surface area contributed by atoms with Crippen molar-refractivity contribution in [2.24, 2.45) is 18.0 Å². The zero-order chi connectivity index (χ0) is 19.8. The second kappa shape index (κ2) is 10.6. The van der Waals surface area contributed by atoms with E-state index in [2.05, 4.69) is 46.5 Å². The molecule has 1 aromatic heterocycles. The van der Waals surface area contributed by atoms with E-state index in [1.807, 2.05) is 25.5 Å². The molecule has 2 heterocycles. The minimum atomic E-state index is 0.395. The summed E-state index contributed by atoms with van der Waals surface area (Å²) in [5.41, 5.74) is 0. The minimum Gasteiger partial charge on any atom is -0.382 e. The molecule has 1 fully saturated rings. The lowest BCUT2D eigenvalue weighted by Gasteiger charge is -2.22. The third-order valence-electron chi connectivity index (χ3n) is 5.22. The van der Waals surface area contributed by atoms with E-state index >= 15 is 0 Å². The Morgan fingerprint density at radius 1 is 1.33 bits per heavy atom. The first-order valence-electron chi connectivity index (χ1n) is 10.1. The van der Waals surface area contributed by atoms with E-state index in [4.69, 9.17) is 9.73 Å². The fourth-order valence-corrected chi connectivity index (χ4v) is 3.21. The molecule has 0 radical (unpaired) electrons. The van der Waals surface area contributed by atoms with Crippen molar-refractivity contribution in [3.63, 3.8) is 0 Å². The molecule has 8 heteroatoms. The van der Waals surface area contributed by atoms with Crippen molar-refractivity contribution in [1.82, 2.24) is 30.3 Å². The normalized spacial score (nSPS) is 21.2. The molecule has 0 saturated carbocycles. The van der Waals surface area contributed by atoms with Crippen LogP contribution in [-0.2, 0) is 18.3 Å². The Kier molecular flexibility index (Phi) is 8.50. The summed E-state index contributed by atoms with van der Waals surface area (Å²) in [5, 5.41) is 15.4. The van der Waals surface area contributed by atoms with Gasteiger partial charge in [0, 0.05) is 52.0 Å². The van der Waals surface area contributed by atoms with Crippen molar-refractivity contribution in [2.45, 2.75) is 59.7 Å². The van der Waals surface area contributed by atoms with Crippen LogP contribution >= 0.6 is 0 Å². The molecule has 154 valence electrons. The summed E-state index contributed by atoms with van der Waals surface area (Å²) in [6, 6.07) is 0.965. The van der Waals surface area contributed by atoms with Crippen molar-refractivity contribution < 1.29 is 4.74 Å². The highest BCUT2D eigenvalue weighted by Crippen LogP contribution is 2.18. The summed E-state index contributed by atoms with van der Waals surface area (Å²) >= 11 is 0. The molecule has 2 unspecified atom stereocenters. The zero-order valence-corrected chi connectivity index (χ0v) is 17.8. The topological polar surface area (TPSA) is 79.6 Å². The molecule has 1 saturated heterocycles. The molecule has 0 spiro atoms. The predicted molar refractivity (Wildman–Crippen MR) is 109 cm³/mol. The Balaban J connectivity index is 1.98. The van der Waals surface area contributed by atoms with Gasteiger partial charge >= 0.3 is 0 Å². The number of aryl methyl sites for hydroxylation is 1. The lowest BCUT2D eigenvalue weighted by atomic mass is 10.1. The van der Waals surface area contributed by atoms with Gasteiger partial charge in [-0.1, -0.05) is 6.92 Å². The highest BCUT2D eigenvalue weighted by molar-refractivity contribution is 5.80. The molecule has 27 heavy (non-hydrogen) atoms. The van der Waals surface area contributed by atoms with E-state index < -0.39 is 0 Å². The van der Waals surface area contributed by atoms with Gasteiger partial charge in [-0.3, -0.25) is 4.90 Å². The van der Waals surface area contributed by atoms with Crippen LogP contribution in [0, 0.1) is 12.8 Å². The molecule has 1 aliphatic rings. The summed E-state index contributed by atoms with van der Waals surface area (Å²) in [6.45, 7) is 15.8. The first-order valence-corrected chi connectivity index (χ1v) is 10.1. The molecule has 0 aliphatic carbocycles. The largest absolute Gasteiger partial charge is 0.382 e. The Bertz CT molecular complexity index is 599. The van der Waals surface area contributed by atoms with Crippen LogP contribution in [0.2, 0.25) is 0 Å². The lowest BCUT2D eigenvalue weighted by Crippen LogP contribution is -2.47. The van der Waals surface area contributed by atoms with Crippen LogP contribution in [0.25, 0.3) is 0 Å². The lowest BCUT2D eigenvalue weighted by molar-refractivity contribution is 0.145. The fraction of sp³-hybridized carbons (Fsp3) is 0.842. The average Bonchev–Trinajstić information content (AvgIpc) is 3.16. The third kappa shape index (κ3) is 6.46. The number of nitrogens with one attached hydrogen (secondary N) is 2. The predicted octanol–water partition coefficient (Wildman–Crippen LogP) is 1.31. The van der Waals surface area contributed by atoms with Gasteiger partial charge in [0.25, 0.3) is 0 Å². The Morgan fingerprint density at radius 3 is 2.70 bits per heavy atom. The number of aromatic nitrogens is 3. The van der Waals surface area contributed by atoms with Gasteiger partial charge in [0.2, 0.25) is 0 Å². The van der Waals surface area contributed by atoms with Crippen LogP contribution < -0.4 is 10.6 Å². The first kappa shape index (κ1) is 21.6. The number of rotatable bonds is 9. The number of ether oxygens (including phenoxy) is 1. The molecule has 2 N–H and O–H groups in total. The number of guanidine groups is 1. The SMILES string of the molecule is CCOCCCNC(=NCc1nnc(C)n1C)NC1CN(C(C)C)CC1C. The van der Waals surface area contributed by atoms with Crippen LogP contribution in [0.4, 0.5) is 0 Å². The summed E-state index contributed by atoms with van der Waals surface area (Å²) < 4.78 is 7.41. The van der Waals surface area contributed by atoms with E-state index in [1.165, 1.54) is 0 Å². The first-order chi connectivity index (χ1) is 12.9. The average molecular weight is 380 g/mol. The van der Waals surface area contributed by atoms with E-state index in [1.54, 1.807) is 0 Å². The van der Waals surface area contributed by atoms with Gasteiger partial charge in [0.05, 0.1) is 0 Å². The highest BCUT2D eigenvalue weighted by Gasteiger charge is 2.31.